The second-order valence-electron chi connectivity index (χ2n) is 3.21. The Morgan fingerprint density at radius 2 is 2.13 bits per heavy atom. The standard InChI is InChI=1S/C11H8N2OS/c12-11-13-6-10(15-11)9-5-7-3-1-2-4-8(7)14-9/h1-6H,(H2,12,13). The zero-order chi connectivity index (χ0) is 10.3. The summed E-state index contributed by atoms with van der Waals surface area (Å²) in [5, 5.41) is 1.66. The number of para-hydroxylation sites is 1. The van der Waals surface area contributed by atoms with Gasteiger partial charge in [0.15, 0.2) is 5.13 Å². The lowest BCUT2D eigenvalue weighted by atomic mass is 10.2. The summed E-state index contributed by atoms with van der Waals surface area (Å²) >= 11 is 1.43. The van der Waals surface area contributed by atoms with Crippen molar-refractivity contribution in [3.63, 3.8) is 0 Å². The Hall–Kier alpha value is -1.81. The van der Waals surface area contributed by atoms with Crippen LogP contribution in [0.1, 0.15) is 0 Å². The topological polar surface area (TPSA) is 52.0 Å². The summed E-state index contributed by atoms with van der Waals surface area (Å²) in [6.07, 6.45) is 1.73. The van der Waals surface area contributed by atoms with Gasteiger partial charge in [0.2, 0.25) is 0 Å². The van der Waals surface area contributed by atoms with Gasteiger partial charge in [-0.25, -0.2) is 4.98 Å². The lowest BCUT2D eigenvalue weighted by Gasteiger charge is -1.86. The number of thiazole rings is 1. The molecule has 1 aromatic carbocycles. The van der Waals surface area contributed by atoms with Crippen LogP contribution in [0, 0.1) is 0 Å². The minimum atomic E-state index is 0.561. The molecule has 15 heavy (non-hydrogen) atoms. The first-order chi connectivity index (χ1) is 7.33. The van der Waals surface area contributed by atoms with Crippen LogP contribution in [0.5, 0.6) is 0 Å². The molecule has 3 rings (SSSR count). The van der Waals surface area contributed by atoms with E-state index in [9.17, 15) is 0 Å². The molecule has 0 aliphatic heterocycles. The Balaban J connectivity index is 2.19. The molecular formula is C11H8N2OS. The van der Waals surface area contributed by atoms with Crippen LogP contribution in [-0.2, 0) is 0 Å². The number of hydrogen-bond donors (Lipinski definition) is 1. The maximum atomic E-state index is 5.68. The fraction of sp³-hybridized carbons (Fsp3) is 0. The molecule has 74 valence electrons. The molecule has 2 N–H and O–H groups in total. The van der Waals surface area contributed by atoms with Crippen LogP contribution < -0.4 is 5.73 Å². The van der Waals surface area contributed by atoms with Crippen LogP contribution in [0.25, 0.3) is 21.6 Å². The molecule has 0 saturated heterocycles. The van der Waals surface area contributed by atoms with Crippen molar-refractivity contribution in [3.8, 4) is 10.6 Å². The van der Waals surface area contributed by atoms with Gasteiger partial charge in [0.05, 0.1) is 11.1 Å². The van der Waals surface area contributed by atoms with E-state index in [2.05, 4.69) is 4.98 Å². The van der Waals surface area contributed by atoms with Crippen LogP contribution in [0.3, 0.4) is 0 Å². The monoisotopic (exact) mass is 216 g/mol. The van der Waals surface area contributed by atoms with E-state index >= 15 is 0 Å². The van der Waals surface area contributed by atoms with Crippen LogP contribution in [-0.4, -0.2) is 4.98 Å². The number of nitrogens with two attached hydrogens (primary N) is 1. The Labute approximate surface area is 90.2 Å². The molecule has 0 amide bonds. The van der Waals surface area contributed by atoms with Gasteiger partial charge in [-0.05, 0) is 12.1 Å². The molecule has 0 aliphatic rings. The van der Waals surface area contributed by atoms with Crippen LogP contribution in [0.2, 0.25) is 0 Å². The molecule has 0 aliphatic carbocycles. The second-order valence-corrected chi connectivity index (χ2v) is 4.27. The fourth-order valence-electron chi connectivity index (χ4n) is 1.50. The average molecular weight is 216 g/mol. The third-order valence-electron chi connectivity index (χ3n) is 2.19. The van der Waals surface area contributed by atoms with E-state index in [1.54, 1.807) is 6.20 Å². The Bertz CT molecular complexity index is 579. The third kappa shape index (κ3) is 1.39. The highest BCUT2D eigenvalue weighted by molar-refractivity contribution is 7.18. The minimum Gasteiger partial charge on any atom is -0.455 e. The first-order valence-corrected chi connectivity index (χ1v) is 5.35. The number of hydrogen-bond acceptors (Lipinski definition) is 4. The summed E-state index contributed by atoms with van der Waals surface area (Å²) in [5.74, 6) is 0.824. The van der Waals surface area contributed by atoms with E-state index in [0.717, 1.165) is 21.6 Å². The van der Waals surface area contributed by atoms with E-state index in [-0.39, 0.29) is 0 Å². The first kappa shape index (κ1) is 8.49. The molecule has 4 heteroatoms. The van der Waals surface area contributed by atoms with Crippen molar-refractivity contribution in [2.24, 2.45) is 0 Å². The van der Waals surface area contributed by atoms with Crippen molar-refractivity contribution in [2.45, 2.75) is 0 Å². The zero-order valence-electron chi connectivity index (χ0n) is 7.81. The van der Waals surface area contributed by atoms with Gasteiger partial charge in [0, 0.05) is 5.39 Å². The highest BCUT2D eigenvalue weighted by Gasteiger charge is 2.08. The van der Waals surface area contributed by atoms with Crippen molar-refractivity contribution in [3.05, 3.63) is 36.5 Å². The van der Waals surface area contributed by atoms with Crippen molar-refractivity contribution in [2.75, 3.05) is 5.73 Å². The number of furan rings is 1. The molecule has 2 aromatic heterocycles. The highest BCUT2D eigenvalue weighted by atomic mass is 32.1. The number of aromatic nitrogens is 1. The summed E-state index contributed by atoms with van der Waals surface area (Å²) in [7, 11) is 0. The molecule has 3 aromatic rings. The molecule has 0 unspecified atom stereocenters. The molecule has 2 heterocycles. The Morgan fingerprint density at radius 1 is 1.27 bits per heavy atom. The molecule has 3 nitrogen and oxygen atoms in total. The van der Waals surface area contributed by atoms with Crippen LogP contribution in [0.4, 0.5) is 5.13 Å². The maximum Gasteiger partial charge on any atom is 0.180 e. The summed E-state index contributed by atoms with van der Waals surface area (Å²) in [5.41, 5.74) is 6.46. The molecule has 0 radical (unpaired) electrons. The fourth-order valence-corrected chi connectivity index (χ4v) is 2.14. The van der Waals surface area contributed by atoms with Gasteiger partial charge in [-0.15, -0.1) is 0 Å². The van der Waals surface area contributed by atoms with Gasteiger partial charge in [-0.3, -0.25) is 0 Å². The van der Waals surface area contributed by atoms with E-state index in [1.165, 1.54) is 11.3 Å². The predicted octanol–water partition coefficient (Wildman–Crippen LogP) is 3.14. The first-order valence-electron chi connectivity index (χ1n) is 4.53. The number of nitrogen functional groups attached to an aromatic ring is 1. The number of rotatable bonds is 1. The average Bonchev–Trinajstić information content (AvgIpc) is 2.82. The summed E-state index contributed by atoms with van der Waals surface area (Å²) in [6.45, 7) is 0. The van der Waals surface area contributed by atoms with E-state index in [4.69, 9.17) is 10.2 Å². The van der Waals surface area contributed by atoms with E-state index in [1.807, 2.05) is 30.3 Å². The normalized spacial score (nSPS) is 10.9. The van der Waals surface area contributed by atoms with Crippen molar-refractivity contribution >= 4 is 27.4 Å². The van der Waals surface area contributed by atoms with Crippen LogP contribution in [0.15, 0.2) is 40.9 Å². The van der Waals surface area contributed by atoms with Gasteiger partial charge >= 0.3 is 0 Å². The number of nitrogens with zero attached hydrogens (tertiary/aromatic N) is 1. The molecular weight excluding hydrogens is 208 g/mol. The molecule has 0 fully saturated rings. The quantitative estimate of drug-likeness (QED) is 0.679. The molecule has 0 bridgehead atoms. The largest absolute Gasteiger partial charge is 0.455 e. The van der Waals surface area contributed by atoms with E-state index < -0.39 is 0 Å². The number of benzene rings is 1. The molecule has 0 spiro atoms. The Kier molecular flexibility index (Phi) is 1.76. The van der Waals surface area contributed by atoms with Crippen molar-refractivity contribution < 1.29 is 4.42 Å². The second kappa shape index (κ2) is 3.10. The minimum absolute atomic E-state index is 0.561. The zero-order valence-corrected chi connectivity index (χ0v) is 8.62. The summed E-state index contributed by atoms with van der Waals surface area (Å²) < 4.78 is 5.68. The molecule has 0 saturated carbocycles. The van der Waals surface area contributed by atoms with Gasteiger partial charge in [0.25, 0.3) is 0 Å². The van der Waals surface area contributed by atoms with Gasteiger partial charge in [-0.2, -0.15) is 0 Å². The summed E-state index contributed by atoms with van der Waals surface area (Å²) in [6, 6.07) is 9.91. The van der Waals surface area contributed by atoms with Crippen molar-refractivity contribution in [1.82, 2.24) is 4.98 Å². The van der Waals surface area contributed by atoms with Gasteiger partial charge in [0.1, 0.15) is 11.3 Å². The highest BCUT2D eigenvalue weighted by Crippen LogP contribution is 2.31. The number of anilines is 1. The Morgan fingerprint density at radius 3 is 2.87 bits per heavy atom. The summed E-state index contributed by atoms with van der Waals surface area (Å²) in [4.78, 5) is 4.96. The van der Waals surface area contributed by atoms with Gasteiger partial charge in [-0.1, -0.05) is 29.5 Å². The third-order valence-corrected chi connectivity index (χ3v) is 3.03. The van der Waals surface area contributed by atoms with Crippen LogP contribution >= 0.6 is 11.3 Å². The van der Waals surface area contributed by atoms with E-state index in [0.29, 0.717) is 5.13 Å². The van der Waals surface area contributed by atoms with Crippen molar-refractivity contribution in [1.29, 1.82) is 0 Å². The predicted molar refractivity (Wildman–Crippen MR) is 61.7 cm³/mol. The SMILES string of the molecule is Nc1ncc(-c2cc3ccccc3o2)s1. The molecule has 0 atom stereocenters. The lowest BCUT2D eigenvalue weighted by molar-refractivity contribution is 0.633. The number of fused-ring (bicyclic) bond motifs is 1. The maximum absolute atomic E-state index is 5.68. The smallest absolute Gasteiger partial charge is 0.180 e. The van der Waals surface area contributed by atoms with Gasteiger partial charge < -0.3 is 10.2 Å². The lowest BCUT2D eigenvalue weighted by Crippen LogP contribution is -1.77.